The van der Waals surface area contributed by atoms with Crippen LogP contribution in [0.4, 0.5) is 14.5 Å². The summed E-state index contributed by atoms with van der Waals surface area (Å²) in [7, 11) is 0. The second-order valence-corrected chi connectivity index (χ2v) is 15.5. The fourth-order valence-electron chi connectivity index (χ4n) is 8.72. The second-order valence-electron chi connectivity index (χ2n) is 15.0. The summed E-state index contributed by atoms with van der Waals surface area (Å²) < 4.78 is 29.6. The maximum absolute atomic E-state index is 14.1. The van der Waals surface area contributed by atoms with Crippen LogP contribution in [0.5, 0.6) is 0 Å². The van der Waals surface area contributed by atoms with Gasteiger partial charge in [0.15, 0.2) is 5.96 Å². The Morgan fingerprint density at radius 2 is 1.98 bits per heavy atom. The molecule has 8 rings (SSSR count). The highest BCUT2D eigenvalue weighted by Crippen LogP contribution is 2.61. The molecule has 11 heteroatoms. The number of anilines is 1. The van der Waals surface area contributed by atoms with Crippen molar-refractivity contribution in [1.82, 2.24) is 25.1 Å². The molecule has 48 heavy (non-hydrogen) atoms. The third-order valence-electron chi connectivity index (χ3n) is 11.9. The number of fused-ring (bicyclic) bond motifs is 3. The van der Waals surface area contributed by atoms with Gasteiger partial charge in [-0.2, -0.15) is 0 Å². The number of nitrogens with zero attached hydrogens (tertiary/aromatic N) is 4. The molecule has 2 bridgehead atoms. The Kier molecular flexibility index (Phi) is 9.52. The van der Waals surface area contributed by atoms with Crippen molar-refractivity contribution in [3.05, 3.63) is 69.2 Å². The first-order valence-corrected chi connectivity index (χ1v) is 18.1. The van der Waals surface area contributed by atoms with E-state index in [-0.39, 0.29) is 24.1 Å². The van der Waals surface area contributed by atoms with Crippen LogP contribution >= 0.6 is 11.6 Å². The summed E-state index contributed by atoms with van der Waals surface area (Å²) in [6, 6.07) is 12.6. The van der Waals surface area contributed by atoms with Crippen LogP contribution in [0.15, 0.2) is 52.3 Å². The highest BCUT2D eigenvalue weighted by atomic mass is 35.5. The zero-order chi connectivity index (χ0) is 33.6. The van der Waals surface area contributed by atoms with Crippen LogP contribution in [0, 0.1) is 23.2 Å². The van der Waals surface area contributed by atoms with Gasteiger partial charge < -0.3 is 20.9 Å². The van der Waals surface area contributed by atoms with Crippen molar-refractivity contribution in [1.29, 1.82) is 0 Å². The number of rotatable bonds is 7. The van der Waals surface area contributed by atoms with Crippen molar-refractivity contribution >= 4 is 34.2 Å². The number of piperazine rings is 1. The summed E-state index contributed by atoms with van der Waals surface area (Å²) in [5, 5.41) is 11.2. The number of benzene rings is 2. The van der Waals surface area contributed by atoms with Gasteiger partial charge in [-0.15, -0.1) is 0 Å². The number of hydrogen-bond acceptors (Lipinski definition) is 5. The van der Waals surface area contributed by atoms with Crippen LogP contribution in [-0.2, 0) is 13.0 Å². The third-order valence-corrected chi connectivity index (χ3v) is 12.1. The average molecular weight is 680 g/mol. The minimum atomic E-state index is -2.46. The van der Waals surface area contributed by atoms with Gasteiger partial charge >= 0.3 is 0 Å². The predicted molar refractivity (Wildman–Crippen MR) is 189 cm³/mol. The number of piperidine rings is 1. The fourth-order valence-corrected chi connectivity index (χ4v) is 8.85. The molecule has 2 saturated heterocycles. The van der Waals surface area contributed by atoms with E-state index in [1.807, 2.05) is 51.9 Å². The Labute approximate surface area is 286 Å². The van der Waals surface area contributed by atoms with Gasteiger partial charge in [0.05, 0.1) is 23.0 Å². The van der Waals surface area contributed by atoms with Crippen molar-refractivity contribution in [3.63, 3.8) is 0 Å². The van der Waals surface area contributed by atoms with E-state index < -0.39 is 12.5 Å². The first-order valence-electron chi connectivity index (χ1n) is 17.7. The standard InChI is InChI=1S/C37H48ClF2N7O/c1-22-29-17-25(37(29,2)3)18-30(22)45-36(46-16-14-42-32(21-46)33(39)40)43-27-10-11-28-31(19-27)44-34(24-5-4-13-41-20-24)47(35(28)48)15-12-23-6-8-26(38)9-7-23/h6-11,19,22,24-25,29-30,32-33,41-42H,4-5,12-18,20-21H2,1-3H3,(H,43,45)/t22-,24?,25+,29-,30?,32+/m0/s1. The largest absolute Gasteiger partial charge is 0.340 e. The lowest BCUT2D eigenvalue weighted by Crippen LogP contribution is -2.58. The lowest BCUT2D eigenvalue weighted by molar-refractivity contribution is -0.108. The molecule has 0 spiro atoms. The Hall–Kier alpha value is -3.08. The maximum Gasteiger partial charge on any atom is 0.261 e. The highest BCUT2D eigenvalue weighted by Gasteiger charge is 2.56. The monoisotopic (exact) mass is 679 g/mol. The van der Waals surface area contributed by atoms with Crippen molar-refractivity contribution < 1.29 is 8.78 Å². The molecule has 3 N–H and O–H groups in total. The lowest BCUT2D eigenvalue weighted by atomic mass is 9.45. The molecule has 1 aromatic heterocycles. The number of nitrogens with one attached hydrogen (secondary N) is 3. The fraction of sp³-hybridized carbons (Fsp3) is 0.595. The number of aromatic nitrogens is 2. The Balaban J connectivity index is 1.21. The van der Waals surface area contributed by atoms with Gasteiger partial charge in [0.2, 0.25) is 0 Å². The van der Waals surface area contributed by atoms with Gasteiger partial charge in [0.25, 0.3) is 12.0 Å². The zero-order valence-electron chi connectivity index (χ0n) is 28.2. The summed E-state index contributed by atoms with van der Waals surface area (Å²) in [5.41, 5.74) is 2.77. The van der Waals surface area contributed by atoms with Crippen LogP contribution < -0.4 is 21.5 Å². The van der Waals surface area contributed by atoms with Gasteiger partial charge in [-0.05, 0) is 97.7 Å². The Morgan fingerprint density at radius 1 is 1.17 bits per heavy atom. The molecule has 3 aliphatic carbocycles. The van der Waals surface area contributed by atoms with Crippen LogP contribution in [0.1, 0.15) is 63.8 Å². The predicted octanol–water partition coefficient (Wildman–Crippen LogP) is 6.14. The molecular weight excluding hydrogens is 632 g/mol. The number of halogens is 3. The van der Waals surface area contributed by atoms with Crippen LogP contribution in [0.3, 0.4) is 0 Å². The summed E-state index contributed by atoms with van der Waals surface area (Å²) in [6.07, 6.45) is 2.48. The van der Waals surface area contributed by atoms with Crippen LogP contribution in [0.25, 0.3) is 10.9 Å². The number of aliphatic imine (C=N–C) groups is 1. The summed E-state index contributed by atoms with van der Waals surface area (Å²) in [6.45, 7) is 10.5. The minimum absolute atomic E-state index is 0.0465. The van der Waals surface area contributed by atoms with Gasteiger partial charge in [0.1, 0.15) is 5.82 Å². The molecule has 3 saturated carbocycles. The van der Waals surface area contributed by atoms with E-state index in [0.717, 1.165) is 49.4 Å². The highest BCUT2D eigenvalue weighted by molar-refractivity contribution is 6.30. The molecule has 6 atom stereocenters. The number of guanidine groups is 1. The molecule has 3 aromatic rings. The summed E-state index contributed by atoms with van der Waals surface area (Å²) in [4.78, 5) is 26.5. The van der Waals surface area contributed by atoms with Gasteiger partial charge in [-0.3, -0.25) is 9.36 Å². The van der Waals surface area contributed by atoms with E-state index in [4.69, 9.17) is 21.6 Å². The van der Waals surface area contributed by atoms with Crippen molar-refractivity contribution in [2.45, 2.75) is 83.8 Å². The van der Waals surface area contributed by atoms with E-state index in [9.17, 15) is 13.6 Å². The normalized spacial score (nSPS) is 28.8. The molecule has 2 unspecified atom stereocenters. The molecule has 8 nitrogen and oxygen atoms in total. The molecule has 5 fully saturated rings. The number of hydrogen-bond donors (Lipinski definition) is 3. The number of alkyl halides is 2. The summed E-state index contributed by atoms with van der Waals surface area (Å²) in [5.74, 6) is 3.22. The van der Waals surface area contributed by atoms with Gasteiger partial charge in [-0.25, -0.2) is 18.8 Å². The molecule has 258 valence electrons. The van der Waals surface area contributed by atoms with Crippen molar-refractivity contribution in [2.75, 3.05) is 38.0 Å². The van der Waals surface area contributed by atoms with E-state index >= 15 is 0 Å². The van der Waals surface area contributed by atoms with Crippen LogP contribution in [0.2, 0.25) is 5.02 Å². The molecule has 2 aromatic carbocycles. The Bertz CT molecular complexity index is 1700. The maximum atomic E-state index is 14.1. The number of aryl methyl sites for hydroxylation is 1. The zero-order valence-corrected chi connectivity index (χ0v) is 28.9. The first-order chi connectivity index (χ1) is 23.1. The minimum Gasteiger partial charge on any atom is -0.340 e. The topological polar surface area (TPSA) is 86.6 Å². The van der Waals surface area contributed by atoms with E-state index in [0.29, 0.717) is 71.1 Å². The SMILES string of the molecule is C[C@@H]1C(/N=C(/Nc2ccc3c(=O)n(CCc4ccc(Cl)cc4)c(C4CCCNC4)nc3c2)N2CCN[C@@H](C(F)F)C2)C[C@H]2C[C@@H]1C2(C)C. The first kappa shape index (κ1) is 33.4. The van der Waals surface area contributed by atoms with Gasteiger partial charge in [0, 0.05) is 49.4 Å². The summed E-state index contributed by atoms with van der Waals surface area (Å²) >= 11 is 6.11. The quantitative estimate of drug-likeness (QED) is 0.206. The van der Waals surface area contributed by atoms with Crippen LogP contribution in [-0.4, -0.2) is 71.6 Å². The van der Waals surface area contributed by atoms with E-state index in [1.165, 1.54) is 6.42 Å². The molecular formula is C37H48ClF2N7O. The van der Waals surface area contributed by atoms with Crippen molar-refractivity contribution in [3.8, 4) is 0 Å². The van der Waals surface area contributed by atoms with Crippen molar-refractivity contribution in [2.24, 2.45) is 28.2 Å². The van der Waals surface area contributed by atoms with E-state index in [2.05, 4.69) is 36.7 Å². The second kappa shape index (κ2) is 13.7. The average Bonchev–Trinajstić information content (AvgIpc) is 3.09. The molecule has 0 radical (unpaired) electrons. The van der Waals surface area contributed by atoms with Gasteiger partial charge in [-0.1, -0.05) is 44.5 Å². The van der Waals surface area contributed by atoms with E-state index in [1.54, 1.807) is 0 Å². The molecule has 3 heterocycles. The lowest BCUT2D eigenvalue weighted by Gasteiger charge is -2.61. The molecule has 2 aliphatic heterocycles. The molecule has 0 amide bonds. The Morgan fingerprint density at radius 3 is 2.69 bits per heavy atom. The molecule has 5 aliphatic rings. The third kappa shape index (κ3) is 6.60. The smallest absolute Gasteiger partial charge is 0.261 e.